The summed E-state index contributed by atoms with van der Waals surface area (Å²) >= 11 is 0. The number of carboxylic acid groups (broad SMARTS) is 1. The van der Waals surface area contributed by atoms with Crippen molar-refractivity contribution in [2.75, 3.05) is 6.61 Å². The number of aliphatic carboxylic acids is 1. The van der Waals surface area contributed by atoms with Crippen LogP contribution < -0.4 is 10.6 Å². The van der Waals surface area contributed by atoms with Crippen LogP contribution in [0.5, 0.6) is 0 Å². The van der Waals surface area contributed by atoms with Crippen LogP contribution in [-0.2, 0) is 4.79 Å². The number of unbranched alkanes of at least 4 members (excludes halogenated alkanes) is 1. The van der Waals surface area contributed by atoms with Crippen molar-refractivity contribution in [2.45, 2.75) is 51.6 Å². The normalized spacial score (nSPS) is 13.8. The van der Waals surface area contributed by atoms with E-state index in [1.165, 1.54) is 0 Å². The molecule has 0 aliphatic heterocycles. The van der Waals surface area contributed by atoms with E-state index in [0.717, 1.165) is 19.3 Å². The fraction of sp³-hybridized carbons (Fsp3) is 0.818. The molecule has 6 heteroatoms. The van der Waals surface area contributed by atoms with Crippen LogP contribution in [0.2, 0.25) is 0 Å². The highest BCUT2D eigenvalue weighted by Crippen LogP contribution is 1.99. The Bertz CT molecular complexity index is 246. The number of carbonyl (C=O) groups excluding carboxylic acids is 1. The summed E-state index contributed by atoms with van der Waals surface area (Å²) in [5.41, 5.74) is 0. The Balaban J connectivity index is 4.00. The molecule has 0 spiro atoms. The summed E-state index contributed by atoms with van der Waals surface area (Å²) in [5.74, 6) is -1.14. The van der Waals surface area contributed by atoms with Crippen molar-refractivity contribution >= 4 is 12.0 Å². The first-order valence-corrected chi connectivity index (χ1v) is 5.92. The molecule has 4 N–H and O–H groups in total. The monoisotopic (exact) mass is 246 g/mol. The van der Waals surface area contributed by atoms with E-state index in [4.69, 9.17) is 10.2 Å². The maximum absolute atomic E-state index is 11.4. The van der Waals surface area contributed by atoms with Gasteiger partial charge in [-0.05, 0) is 13.3 Å². The van der Waals surface area contributed by atoms with Crippen molar-refractivity contribution in [2.24, 2.45) is 0 Å². The molecule has 0 saturated carbocycles. The molecule has 2 amide bonds. The maximum Gasteiger partial charge on any atom is 0.326 e. The number of aliphatic hydroxyl groups is 1. The van der Waals surface area contributed by atoms with E-state index in [2.05, 4.69) is 17.6 Å². The van der Waals surface area contributed by atoms with Crippen molar-refractivity contribution in [3.05, 3.63) is 0 Å². The second-order valence-electron chi connectivity index (χ2n) is 4.06. The van der Waals surface area contributed by atoms with Gasteiger partial charge in [-0.2, -0.15) is 0 Å². The van der Waals surface area contributed by atoms with Crippen LogP contribution in [0.25, 0.3) is 0 Å². The maximum atomic E-state index is 11.4. The first-order chi connectivity index (χ1) is 8.01. The summed E-state index contributed by atoms with van der Waals surface area (Å²) in [7, 11) is 0. The fourth-order valence-electron chi connectivity index (χ4n) is 1.39. The number of nitrogens with one attached hydrogen (secondary N) is 2. The number of aliphatic hydroxyl groups excluding tert-OH is 1. The van der Waals surface area contributed by atoms with Gasteiger partial charge in [0.05, 0.1) is 0 Å². The standard InChI is InChI=1S/C11H22N2O4/c1-3-4-5-8(2)12-11(17)13-9(6-7-14)10(15)16/h8-9,14H,3-7H2,1-2H3,(H,15,16)(H2,12,13,17)/t8?,9-/m0/s1. The van der Waals surface area contributed by atoms with Crippen LogP contribution in [0.1, 0.15) is 39.5 Å². The number of amides is 2. The molecule has 1 unspecified atom stereocenters. The third-order valence-corrected chi connectivity index (χ3v) is 2.39. The molecular formula is C11H22N2O4. The summed E-state index contributed by atoms with van der Waals surface area (Å²) in [6.07, 6.45) is 2.93. The van der Waals surface area contributed by atoms with Crippen molar-refractivity contribution in [1.29, 1.82) is 0 Å². The Hall–Kier alpha value is -1.30. The zero-order valence-corrected chi connectivity index (χ0v) is 10.4. The molecule has 17 heavy (non-hydrogen) atoms. The van der Waals surface area contributed by atoms with E-state index in [0.29, 0.717) is 0 Å². The molecule has 0 rings (SSSR count). The number of carbonyl (C=O) groups is 2. The molecule has 6 nitrogen and oxygen atoms in total. The van der Waals surface area contributed by atoms with Crippen LogP contribution >= 0.6 is 0 Å². The van der Waals surface area contributed by atoms with Gasteiger partial charge in [0, 0.05) is 19.1 Å². The Labute approximate surface area is 101 Å². The minimum absolute atomic E-state index is 0.00605. The first kappa shape index (κ1) is 15.7. The van der Waals surface area contributed by atoms with Crippen molar-refractivity contribution in [3.63, 3.8) is 0 Å². The predicted octanol–water partition coefficient (Wildman–Crippen LogP) is 0.700. The molecule has 0 heterocycles. The van der Waals surface area contributed by atoms with Crippen LogP contribution in [0, 0.1) is 0 Å². The Morgan fingerprint density at radius 2 is 1.88 bits per heavy atom. The molecule has 0 aromatic rings. The Morgan fingerprint density at radius 3 is 2.35 bits per heavy atom. The summed E-state index contributed by atoms with van der Waals surface area (Å²) in [5, 5.41) is 22.4. The molecule has 0 bridgehead atoms. The molecule has 0 aromatic carbocycles. The number of rotatable bonds is 8. The number of hydrogen-bond acceptors (Lipinski definition) is 3. The van der Waals surface area contributed by atoms with Crippen molar-refractivity contribution in [3.8, 4) is 0 Å². The minimum atomic E-state index is -1.14. The van der Waals surface area contributed by atoms with Gasteiger partial charge in [-0.1, -0.05) is 19.8 Å². The lowest BCUT2D eigenvalue weighted by molar-refractivity contribution is -0.139. The van der Waals surface area contributed by atoms with Gasteiger partial charge in [0.1, 0.15) is 6.04 Å². The van der Waals surface area contributed by atoms with Crippen molar-refractivity contribution < 1.29 is 19.8 Å². The fourth-order valence-corrected chi connectivity index (χ4v) is 1.39. The van der Waals surface area contributed by atoms with Crippen molar-refractivity contribution in [1.82, 2.24) is 10.6 Å². The van der Waals surface area contributed by atoms with Gasteiger partial charge in [-0.3, -0.25) is 0 Å². The first-order valence-electron chi connectivity index (χ1n) is 5.92. The van der Waals surface area contributed by atoms with Gasteiger partial charge in [0.2, 0.25) is 0 Å². The van der Waals surface area contributed by atoms with E-state index >= 15 is 0 Å². The van der Waals surface area contributed by atoms with Crippen LogP contribution in [0.4, 0.5) is 4.79 Å². The second kappa shape index (κ2) is 8.81. The number of hydrogen-bond donors (Lipinski definition) is 4. The average molecular weight is 246 g/mol. The van der Waals surface area contributed by atoms with Crippen LogP contribution in [0.15, 0.2) is 0 Å². The largest absolute Gasteiger partial charge is 0.480 e. The summed E-state index contributed by atoms with van der Waals surface area (Å²) < 4.78 is 0. The quantitative estimate of drug-likeness (QED) is 0.506. The van der Waals surface area contributed by atoms with Crippen LogP contribution in [0.3, 0.4) is 0 Å². The summed E-state index contributed by atoms with van der Waals surface area (Å²) in [4.78, 5) is 22.2. The zero-order valence-electron chi connectivity index (χ0n) is 10.4. The highest BCUT2D eigenvalue weighted by Gasteiger charge is 2.19. The summed E-state index contributed by atoms with van der Waals surface area (Å²) in [6.45, 7) is 3.66. The highest BCUT2D eigenvalue weighted by atomic mass is 16.4. The molecule has 0 saturated heterocycles. The minimum Gasteiger partial charge on any atom is -0.480 e. The third kappa shape index (κ3) is 7.57. The predicted molar refractivity (Wildman–Crippen MR) is 63.8 cm³/mol. The van der Waals surface area contributed by atoms with Gasteiger partial charge in [0.15, 0.2) is 0 Å². The smallest absolute Gasteiger partial charge is 0.326 e. The van der Waals surface area contributed by atoms with Gasteiger partial charge >= 0.3 is 12.0 Å². The summed E-state index contributed by atoms with van der Waals surface area (Å²) in [6, 6.07) is -1.54. The van der Waals surface area contributed by atoms with E-state index in [1.807, 2.05) is 6.92 Å². The van der Waals surface area contributed by atoms with Gasteiger partial charge in [-0.15, -0.1) is 0 Å². The van der Waals surface area contributed by atoms with Gasteiger partial charge in [-0.25, -0.2) is 9.59 Å². The Kier molecular flexibility index (Phi) is 8.13. The molecule has 100 valence electrons. The van der Waals surface area contributed by atoms with E-state index < -0.39 is 18.0 Å². The second-order valence-corrected chi connectivity index (χ2v) is 4.06. The topological polar surface area (TPSA) is 98.7 Å². The molecule has 0 radical (unpaired) electrons. The lowest BCUT2D eigenvalue weighted by Crippen LogP contribution is -2.48. The lowest BCUT2D eigenvalue weighted by atomic mass is 10.1. The van der Waals surface area contributed by atoms with Gasteiger partial charge < -0.3 is 20.8 Å². The third-order valence-electron chi connectivity index (χ3n) is 2.39. The molecule has 2 atom stereocenters. The zero-order chi connectivity index (χ0) is 13.3. The van der Waals surface area contributed by atoms with E-state index in [-0.39, 0.29) is 19.1 Å². The molecule has 0 aliphatic rings. The van der Waals surface area contributed by atoms with Crippen LogP contribution in [-0.4, -0.2) is 40.9 Å². The highest BCUT2D eigenvalue weighted by molar-refractivity contribution is 5.82. The van der Waals surface area contributed by atoms with Gasteiger partial charge in [0.25, 0.3) is 0 Å². The average Bonchev–Trinajstić information content (AvgIpc) is 2.25. The molecule has 0 fully saturated rings. The molecule has 0 aromatic heterocycles. The number of urea groups is 1. The Morgan fingerprint density at radius 1 is 1.24 bits per heavy atom. The molecule has 0 aliphatic carbocycles. The van der Waals surface area contributed by atoms with E-state index in [9.17, 15) is 9.59 Å². The van der Waals surface area contributed by atoms with E-state index in [1.54, 1.807) is 0 Å². The SMILES string of the molecule is CCCCC(C)NC(=O)N[C@@H](CCO)C(=O)O. The lowest BCUT2D eigenvalue weighted by Gasteiger charge is -2.17. The number of carboxylic acids is 1. The molecular weight excluding hydrogens is 224 g/mol.